The van der Waals surface area contributed by atoms with Crippen LogP contribution in [0.15, 0.2) is 30.3 Å². The Morgan fingerprint density at radius 3 is 1.56 bits per heavy atom. The third-order valence-corrected chi connectivity index (χ3v) is 5.28. The van der Waals surface area contributed by atoms with E-state index in [-0.39, 0.29) is 0 Å². The molecule has 0 fully saturated rings. The van der Waals surface area contributed by atoms with Crippen molar-refractivity contribution in [2.45, 2.75) is 110 Å². The molecular weight excluding hydrogens is 302 g/mol. The van der Waals surface area contributed by atoms with E-state index in [1.54, 1.807) is 0 Å². The molecule has 0 heterocycles. The van der Waals surface area contributed by atoms with Gasteiger partial charge >= 0.3 is 0 Å². The number of benzene rings is 1. The second-order valence-corrected chi connectivity index (χ2v) is 7.68. The van der Waals surface area contributed by atoms with Crippen LogP contribution in [0.1, 0.15) is 115 Å². The maximum Gasteiger partial charge on any atom is 0.0291 e. The van der Waals surface area contributed by atoms with Crippen LogP contribution in [0.5, 0.6) is 0 Å². The van der Waals surface area contributed by atoms with Gasteiger partial charge in [0.1, 0.15) is 0 Å². The first-order valence-corrected chi connectivity index (χ1v) is 11.1. The molecule has 0 spiro atoms. The van der Waals surface area contributed by atoms with Crippen LogP contribution in [0.25, 0.3) is 0 Å². The molecule has 144 valence electrons. The highest BCUT2D eigenvalue weighted by Gasteiger charge is 2.02. The molecular formula is C24H43N. The van der Waals surface area contributed by atoms with Crippen LogP contribution in [-0.4, -0.2) is 6.54 Å². The Balaban J connectivity index is 1.77. The van der Waals surface area contributed by atoms with Crippen LogP contribution in [0.3, 0.4) is 0 Å². The van der Waals surface area contributed by atoms with Crippen LogP contribution in [0.4, 0.5) is 0 Å². The van der Waals surface area contributed by atoms with E-state index in [0.29, 0.717) is 6.04 Å². The van der Waals surface area contributed by atoms with Crippen LogP contribution in [-0.2, 0) is 0 Å². The average Bonchev–Trinajstić information content (AvgIpc) is 2.65. The minimum atomic E-state index is 0.475. The van der Waals surface area contributed by atoms with E-state index in [1.807, 2.05) is 0 Å². The van der Waals surface area contributed by atoms with Crippen molar-refractivity contribution in [3.8, 4) is 0 Å². The van der Waals surface area contributed by atoms with Gasteiger partial charge in [-0.25, -0.2) is 0 Å². The molecule has 1 nitrogen and oxygen atoms in total. The number of hydrogen-bond donors (Lipinski definition) is 1. The fourth-order valence-electron chi connectivity index (χ4n) is 3.50. The predicted octanol–water partition coefficient (Wildman–Crippen LogP) is 7.82. The van der Waals surface area contributed by atoms with Gasteiger partial charge in [-0.15, -0.1) is 0 Å². The summed E-state index contributed by atoms with van der Waals surface area (Å²) >= 11 is 0. The van der Waals surface area contributed by atoms with Crippen molar-refractivity contribution in [2.75, 3.05) is 6.54 Å². The van der Waals surface area contributed by atoms with Gasteiger partial charge in [0.05, 0.1) is 0 Å². The van der Waals surface area contributed by atoms with E-state index >= 15 is 0 Å². The minimum Gasteiger partial charge on any atom is -0.310 e. The first-order valence-electron chi connectivity index (χ1n) is 11.1. The quantitative estimate of drug-likeness (QED) is 0.284. The Kier molecular flexibility index (Phi) is 14.8. The van der Waals surface area contributed by atoms with Crippen LogP contribution >= 0.6 is 0 Å². The zero-order chi connectivity index (χ0) is 18.0. The summed E-state index contributed by atoms with van der Waals surface area (Å²) in [7, 11) is 0. The van der Waals surface area contributed by atoms with E-state index in [2.05, 4.69) is 49.5 Å². The summed E-state index contributed by atoms with van der Waals surface area (Å²) in [6.45, 7) is 5.70. The summed E-state index contributed by atoms with van der Waals surface area (Å²) in [5, 5.41) is 3.64. The van der Waals surface area contributed by atoms with Gasteiger partial charge in [0.15, 0.2) is 0 Å². The van der Waals surface area contributed by atoms with Crippen LogP contribution in [0.2, 0.25) is 0 Å². The number of unbranched alkanes of at least 4 members (excludes halogenated alkanes) is 13. The molecule has 1 aromatic rings. The Morgan fingerprint density at radius 2 is 1.08 bits per heavy atom. The molecule has 1 aromatic carbocycles. The van der Waals surface area contributed by atoms with Gasteiger partial charge in [0.25, 0.3) is 0 Å². The Labute approximate surface area is 158 Å². The molecule has 0 bridgehead atoms. The van der Waals surface area contributed by atoms with Gasteiger partial charge in [-0.05, 0) is 25.5 Å². The van der Waals surface area contributed by atoms with Crippen molar-refractivity contribution in [1.82, 2.24) is 5.32 Å². The molecule has 0 amide bonds. The molecule has 0 radical (unpaired) electrons. The molecule has 1 atom stereocenters. The lowest BCUT2D eigenvalue weighted by molar-refractivity contribution is 0.513. The van der Waals surface area contributed by atoms with E-state index in [1.165, 1.54) is 95.5 Å². The summed E-state index contributed by atoms with van der Waals surface area (Å²) in [6, 6.07) is 11.2. The van der Waals surface area contributed by atoms with Crippen molar-refractivity contribution in [2.24, 2.45) is 0 Å². The second-order valence-electron chi connectivity index (χ2n) is 7.68. The smallest absolute Gasteiger partial charge is 0.0291 e. The van der Waals surface area contributed by atoms with Gasteiger partial charge in [0.2, 0.25) is 0 Å². The molecule has 0 saturated carbocycles. The second kappa shape index (κ2) is 16.6. The van der Waals surface area contributed by atoms with Crippen LogP contribution in [0, 0.1) is 0 Å². The Morgan fingerprint density at radius 1 is 0.640 bits per heavy atom. The predicted molar refractivity (Wildman–Crippen MR) is 113 cm³/mol. The number of rotatable bonds is 17. The van der Waals surface area contributed by atoms with Gasteiger partial charge in [-0.2, -0.15) is 0 Å². The SMILES string of the molecule is CCCCCCCCCCCCCCCCN[C@@H](C)c1ccccc1. The maximum absolute atomic E-state index is 3.64. The monoisotopic (exact) mass is 345 g/mol. The highest BCUT2D eigenvalue weighted by molar-refractivity contribution is 5.17. The summed E-state index contributed by atoms with van der Waals surface area (Å²) in [5.41, 5.74) is 1.40. The summed E-state index contributed by atoms with van der Waals surface area (Å²) in [4.78, 5) is 0. The standard InChI is InChI=1S/C24H43N/c1-3-4-5-6-7-8-9-10-11-12-13-14-15-19-22-25-23(2)24-20-17-16-18-21-24/h16-18,20-21,23,25H,3-15,19,22H2,1-2H3/t23-/m0/s1. The molecule has 1 rings (SSSR count). The first-order chi connectivity index (χ1) is 12.3. The highest BCUT2D eigenvalue weighted by Crippen LogP contribution is 2.14. The fraction of sp³-hybridized carbons (Fsp3) is 0.750. The van der Waals surface area contributed by atoms with E-state index in [4.69, 9.17) is 0 Å². The lowest BCUT2D eigenvalue weighted by Gasteiger charge is -2.13. The molecule has 0 aliphatic rings. The molecule has 1 N–H and O–H groups in total. The molecule has 0 unspecified atom stereocenters. The normalized spacial score (nSPS) is 12.4. The van der Waals surface area contributed by atoms with Crippen molar-refractivity contribution >= 4 is 0 Å². The van der Waals surface area contributed by atoms with Crippen molar-refractivity contribution in [3.63, 3.8) is 0 Å². The third kappa shape index (κ3) is 13.1. The summed E-state index contributed by atoms with van der Waals surface area (Å²) < 4.78 is 0. The minimum absolute atomic E-state index is 0.475. The summed E-state index contributed by atoms with van der Waals surface area (Å²) in [6.07, 6.45) is 20.0. The van der Waals surface area contributed by atoms with Crippen molar-refractivity contribution < 1.29 is 0 Å². The third-order valence-electron chi connectivity index (χ3n) is 5.28. The topological polar surface area (TPSA) is 12.0 Å². The average molecular weight is 346 g/mol. The summed E-state index contributed by atoms with van der Waals surface area (Å²) in [5.74, 6) is 0. The molecule has 0 aromatic heterocycles. The van der Waals surface area contributed by atoms with Gasteiger partial charge in [0, 0.05) is 6.04 Å². The van der Waals surface area contributed by atoms with Gasteiger partial charge in [-0.3, -0.25) is 0 Å². The van der Waals surface area contributed by atoms with E-state index in [9.17, 15) is 0 Å². The lowest BCUT2D eigenvalue weighted by Crippen LogP contribution is -2.19. The molecule has 0 aliphatic heterocycles. The van der Waals surface area contributed by atoms with E-state index in [0.717, 1.165) is 6.54 Å². The maximum atomic E-state index is 3.64. The van der Waals surface area contributed by atoms with Crippen LogP contribution < -0.4 is 5.32 Å². The number of hydrogen-bond acceptors (Lipinski definition) is 1. The van der Waals surface area contributed by atoms with E-state index < -0.39 is 0 Å². The molecule has 25 heavy (non-hydrogen) atoms. The van der Waals surface area contributed by atoms with Gasteiger partial charge < -0.3 is 5.32 Å². The number of nitrogens with one attached hydrogen (secondary N) is 1. The first kappa shape index (κ1) is 22.2. The molecule has 0 saturated heterocycles. The largest absolute Gasteiger partial charge is 0.310 e. The van der Waals surface area contributed by atoms with Crippen molar-refractivity contribution in [3.05, 3.63) is 35.9 Å². The van der Waals surface area contributed by atoms with Crippen molar-refractivity contribution in [1.29, 1.82) is 0 Å². The van der Waals surface area contributed by atoms with Gasteiger partial charge in [-0.1, -0.05) is 121 Å². The molecule has 0 aliphatic carbocycles. The zero-order valence-electron chi connectivity index (χ0n) is 17.1. The molecule has 1 heteroatoms. The Bertz CT molecular complexity index is 373. The lowest BCUT2D eigenvalue weighted by atomic mass is 10.0. The Hall–Kier alpha value is -0.820. The zero-order valence-corrected chi connectivity index (χ0v) is 17.1. The fourth-order valence-corrected chi connectivity index (χ4v) is 3.50. The highest BCUT2D eigenvalue weighted by atomic mass is 14.9.